The molecule has 0 spiro atoms. The first-order valence-corrected chi connectivity index (χ1v) is 9.35. The van der Waals surface area contributed by atoms with Crippen LogP contribution in [0.2, 0.25) is 0 Å². The molecule has 4 rings (SSSR count). The van der Waals surface area contributed by atoms with E-state index in [1.807, 2.05) is 0 Å². The van der Waals surface area contributed by atoms with E-state index in [-0.39, 0.29) is 5.88 Å². The molecule has 2 saturated heterocycles. The molecule has 1 aromatic heterocycles. The molecule has 4 unspecified atom stereocenters. The molecule has 1 aliphatic carbocycles. The molecular weight excluding hydrogens is 349 g/mol. The van der Waals surface area contributed by atoms with Crippen LogP contribution in [0.4, 0.5) is 19.1 Å². The lowest BCUT2D eigenvalue weighted by molar-refractivity contribution is -0.196. The Morgan fingerprint density at radius 2 is 1.81 bits per heavy atom. The first-order valence-electron chi connectivity index (χ1n) is 9.35. The zero-order valence-electron chi connectivity index (χ0n) is 14.6. The highest BCUT2D eigenvalue weighted by molar-refractivity contribution is 5.93. The Bertz CT molecular complexity index is 682. The predicted molar refractivity (Wildman–Crippen MR) is 86.6 cm³/mol. The number of anilines is 1. The highest BCUT2D eigenvalue weighted by atomic mass is 19.4. The summed E-state index contributed by atoms with van der Waals surface area (Å²) in [4.78, 5) is 12.6. The maximum absolute atomic E-state index is 13.4. The van der Waals surface area contributed by atoms with Crippen LogP contribution in [-0.4, -0.2) is 29.4 Å². The summed E-state index contributed by atoms with van der Waals surface area (Å²) in [6.45, 7) is 1.80. The Morgan fingerprint density at radius 1 is 1.12 bits per heavy atom. The summed E-state index contributed by atoms with van der Waals surface area (Å²) in [5.74, 6) is -3.20. The first-order chi connectivity index (χ1) is 12.4. The molecule has 3 fully saturated rings. The van der Waals surface area contributed by atoms with Gasteiger partial charge in [-0.2, -0.15) is 13.2 Å². The van der Waals surface area contributed by atoms with Crippen molar-refractivity contribution in [1.82, 2.24) is 5.16 Å². The van der Waals surface area contributed by atoms with Crippen molar-refractivity contribution in [3.8, 4) is 0 Å². The van der Waals surface area contributed by atoms with Gasteiger partial charge in [-0.3, -0.25) is 10.1 Å². The lowest BCUT2D eigenvalue weighted by Gasteiger charge is -2.28. The van der Waals surface area contributed by atoms with Crippen molar-refractivity contribution in [3.05, 3.63) is 11.3 Å². The number of nitrogens with zero attached hydrogens (tertiary/aromatic N) is 1. The number of nitrogens with one attached hydrogen (secondary N) is 1. The molecule has 4 atom stereocenters. The summed E-state index contributed by atoms with van der Waals surface area (Å²) in [6.07, 6.45) is 0.323. The van der Waals surface area contributed by atoms with E-state index in [0.717, 1.165) is 36.9 Å². The van der Waals surface area contributed by atoms with E-state index in [0.29, 0.717) is 18.8 Å². The Kier molecular flexibility index (Phi) is 4.49. The summed E-state index contributed by atoms with van der Waals surface area (Å²) in [6, 6.07) is 0. The number of fused-ring (bicyclic) bond motifs is 2. The number of carbonyl (C=O) groups is 1. The van der Waals surface area contributed by atoms with Crippen LogP contribution in [0.3, 0.4) is 0 Å². The van der Waals surface area contributed by atoms with Gasteiger partial charge in [0.2, 0.25) is 11.8 Å². The smallest absolute Gasteiger partial charge is 0.373 e. The molecule has 0 aromatic carbocycles. The van der Waals surface area contributed by atoms with Gasteiger partial charge in [0.15, 0.2) is 0 Å². The number of ether oxygens (including phenoxy) is 1. The molecular formula is C18H23F3N2O3. The Hall–Kier alpha value is -1.57. The van der Waals surface area contributed by atoms with E-state index in [1.54, 1.807) is 6.92 Å². The summed E-state index contributed by atoms with van der Waals surface area (Å²) < 4.78 is 50.9. The van der Waals surface area contributed by atoms with Crippen molar-refractivity contribution in [1.29, 1.82) is 0 Å². The van der Waals surface area contributed by atoms with E-state index in [1.165, 1.54) is 6.42 Å². The molecule has 26 heavy (non-hydrogen) atoms. The number of carbonyl (C=O) groups excluding carboxylic acids is 1. The van der Waals surface area contributed by atoms with Crippen molar-refractivity contribution in [2.24, 2.45) is 11.8 Å². The van der Waals surface area contributed by atoms with Gasteiger partial charge < -0.3 is 9.26 Å². The molecule has 1 N–H and O–H groups in total. The number of aromatic nitrogens is 1. The quantitative estimate of drug-likeness (QED) is 0.858. The first kappa shape index (κ1) is 17.8. The average molecular weight is 372 g/mol. The average Bonchev–Trinajstić information content (AvgIpc) is 3.30. The van der Waals surface area contributed by atoms with Crippen LogP contribution >= 0.6 is 0 Å². The number of hydrogen-bond acceptors (Lipinski definition) is 4. The zero-order valence-corrected chi connectivity index (χ0v) is 14.6. The lowest BCUT2D eigenvalue weighted by atomic mass is 9.78. The molecule has 144 valence electrons. The minimum absolute atomic E-state index is 0.166. The SMILES string of the molecule is Cc1c(C2CCCCC2)noc1NC(=O)C1C2CCC(O2)C1C(F)(F)F. The normalized spacial score (nSPS) is 32.2. The van der Waals surface area contributed by atoms with Gasteiger partial charge in [-0.25, -0.2) is 0 Å². The number of rotatable bonds is 3. The van der Waals surface area contributed by atoms with Crippen molar-refractivity contribution >= 4 is 11.8 Å². The summed E-state index contributed by atoms with van der Waals surface area (Å²) in [5, 5.41) is 6.64. The molecule has 5 nitrogen and oxygen atoms in total. The second kappa shape index (κ2) is 6.55. The Morgan fingerprint density at radius 3 is 2.50 bits per heavy atom. The largest absolute Gasteiger partial charge is 0.395 e. The third-order valence-corrected chi connectivity index (χ3v) is 6.14. The van der Waals surface area contributed by atoms with E-state index in [9.17, 15) is 18.0 Å². The summed E-state index contributed by atoms with van der Waals surface area (Å²) in [5.41, 5.74) is 1.54. The maximum atomic E-state index is 13.4. The van der Waals surface area contributed by atoms with Gasteiger partial charge in [0.1, 0.15) is 0 Å². The van der Waals surface area contributed by atoms with Gasteiger partial charge >= 0.3 is 6.18 Å². The van der Waals surface area contributed by atoms with Gasteiger partial charge in [-0.1, -0.05) is 24.4 Å². The Labute approximate surface area is 149 Å². The molecule has 0 radical (unpaired) electrons. The van der Waals surface area contributed by atoms with Gasteiger partial charge in [0, 0.05) is 11.5 Å². The van der Waals surface area contributed by atoms with Crippen molar-refractivity contribution in [2.75, 3.05) is 5.32 Å². The minimum atomic E-state index is -4.45. The van der Waals surface area contributed by atoms with Crippen molar-refractivity contribution in [2.45, 2.75) is 76.2 Å². The summed E-state index contributed by atoms with van der Waals surface area (Å²) >= 11 is 0. The molecule has 3 heterocycles. The topological polar surface area (TPSA) is 64.4 Å². The zero-order chi connectivity index (χ0) is 18.5. The predicted octanol–water partition coefficient (Wildman–Crippen LogP) is 4.33. The van der Waals surface area contributed by atoms with E-state index < -0.39 is 36.1 Å². The molecule has 2 aliphatic heterocycles. The summed E-state index contributed by atoms with van der Waals surface area (Å²) in [7, 11) is 0. The van der Waals surface area contributed by atoms with Crippen LogP contribution in [0, 0.1) is 18.8 Å². The molecule has 1 amide bonds. The molecule has 2 bridgehead atoms. The van der Waals surface area contributed by atoms with Crippen LogP contribution in [0.1, 0.15) is 62.1 Å². The number of amides is 1. The third-order valence-electron chi connectivity index (χ3n) is 6.14. The second-order valence-corrected chi connectivity index (χ2v) is 7.73. The van der Waals surface area contributed by atoms with Crippen LogP contribution < -0.4 is 5.32 Å². The Balaban J connectivity index is 1.50. The van der Waals surface area contributed by atoms with Gasteiger partial charge in [-0.15, -0.1) is 0 Å². The second-order valence-electron chi connectivity index (χ2n) is 7.73. The maximum Gasteiger partial charge on any atom is 0.395 e. The van der Waals surface area contributed by atoms with Gasteiger partial charge in [0.05, 0.1) is 29.7 Å². The van der Waals surface area contributed by atoms with Crippen LogP contribution in [-0.2, 0) is 9.53 Å². The van der Waals surface area contributed by atoms with Crippen LogP contribution in [0.15, 0.2) is 4.52 Å². The molecule has 1 saturated carbocycles. The van der Waals surface area contributed by atoms with E-state index in [4.69, 9.17) is 9.26 Å². The van der Waals surface area contributed by atoms with Gasteiger partial charge in [0.25, 0.3) is 0 Å². The van der Waals surface area contributed by atoms with Crippen molar-refractivity contribution < 1.29 is 27.2 Å². The van der Waals surface area contributed by atoms with Crippen molar-refractivity contribution in [3.63, 3.8) is 0 Å². The number of hydrogen-bond donors (Lipinski definition) is 1. The third kappa shape index (κ3) is 3.02. The standard InChI is InChI=1S/C18H23F3N2O3/c1-9-15(10-5-3-2-4-6-10)23-26-17(9)22-16(24)13-11-7-8-12(25-11)14(13)18(19,20)21/h10-14H,2-8H2,1H3,(H,22,24). The molecule has 3 aliphatic rings. The van der Waals surface area contributed by atoms with Gasteiger partial charge in [-0.05, 0) is 32.6 Å². The fourth-order valence-electron chi connectivity index (χ4n) is 4.84. The molecule has 8 heteroatoms. The highest BCUT2D eigenvalue weighted by Gasteiger charge is 2.62. The number of halogens is 3. The van der Waals surface area contributed by atoms with E-state index in [2.05, 4.69) is 10.5 Å². The lowest BCUT2D eigenvalue weighted by Crippen LogP contribution is -2.44. The fourth-order valence-corrected chi connectivity index (χ4v) is 4.84. The minimum Gasteiger partial charge on any atom is -0.373 e. The fraction of sp³-hybridized carbons (Fsp3) is 0.778. The highest BCUT2D eigenvalue weighted by Crippen LogP contribution is 2.51. The number of alkyl halides is 3. The molecule has 1 aromatic rings. The van der Waals surface area contributed by atoms with Crippen LogP contribution in [0.25, 0.3) is 0 Å². The van der Waals surface area contributed by atoms with E-state index >= 15 is 0 Å². The monoisotopic (exact) mass is 372 g/mol. The van der Waals surface area contributed by atoms with Crippen LogP contribution in [0.5, 0.6) is 0 Å².